The van der Waals surface area contributed by atoms with Crippen molar-refractivity contribution in [1.82, 2.24) is 0 Å². The molecule has 2 aromatic carbocycles. The number of nitro benzene ring substituents is 1. The van der Waals surface area contributed by atoms with E-state index in [1.165, 1.54) is 6.07 Å². The van der Waals surface area contributed by atoms with Crippen LogP contribution in [0.4, 0.5) is 5.69 Å². The van der Waals surface area contributed by atoms with Crippen LogP contribution in [0.25, 0.3) is 0 Å². The van der Waals surface area contributed by atoms with Crippen LogP contribution in [0, 0.1) is 30.9 Å². The molecule has 0 spiro atoms. The lowest BCUT2D eigenvalue weighted by molar-refractivity contribution is -0.385. The molecule has 0 saturated carbocycles. The number of benzene rings is 2. The Hall–Kier alpha value is -2.56. The third kappa shape index (κ3) is 2.23. The topological polar surface area (TPSA) is 72.6 Å². The van der Waals surface area contributed by atoms with E-state index in [1.807, 2.05) is 33.8 Å². The van der Waals surface area contributed by atoms with E-state index in [-0.39, 0.29) is 5.69 Å². The van der Waals surface area contributed by atoms with Crippen molar-refractivity contribution in [2.24, 2.45) is 0 Å². The molecule has 0 aliphatic carbocycles. The van der Waals surface area contributed by atoms with Gasteiger partial charge in [0.05, 0.1) is 4.92 Å². The largest absolute Gasteiger partial charge is 0.507 e. The zero-order valence-electron chi connectivity index (χ0n) is 13.6. The molecule has 0 radical (unpaired) electrons. The summed E-state index contributed by atoms with van der Waals surface area (Å²) in [4.78, 5) is 10.6. The summed E-state index contributed by atoms with van der Waals surface area (Å²) in [7, 11) is 0. The van der Waals surface area contributed by atoms with Crippen LogP contribution in [0.5, 0.6) is 11.5 Å². The number of aromatic hydroxyl groups is 1. The van der Waals surface area contributed by atoms with Crippen molar-refractivity contribution < 1.29 is 14.8 Å². The van der Waals surface area contributed by atoms with Gasteiger partial charge < -0.3 is 9.84 Å². The van der Waals surface area contributed by atoms with Crippen molar-refractivity contribution in [1.29, 1.82) is 0 Å². The molecular weight excluding hydrogens is 294 g/mol. The van der Waals surface area contributed by atoms with Crippen LogP contribution < -0.4 is 4.74 Å². The molecule has 1 atom stereocenters. The lowest BCUT2D eigenvalue weighted by atomic mass is 9.88. The van der Waals surface area contributed by atoms with Crippen molar-refractivity contribution in [2.75, 3.05) is 0 Å². The Bertz CT molecular complexity index is 789. The number of non-ortho nitro benzene ring substituents is 1. The van der Waals surface area contributed by atoms with E-state index in [4.69, 9.17) is 4.74 Å². The highest BCUT2D eigenvalue weighted by molar-refractivity contribution is 5.60. The number of hydrogen-bond acceptors (Lipinski definition) is 4. The molecule has 1 aliphatic heterocycles. The summed E-state index contributed by atoms with van der Waals surface area (Å²) < 4.78 is 6.23. The predicted octanol–water partition coefficient (Wildman–Crippen LogP) is 4.08. The molecule has 1 N–H and O–H groups in total. The standard InChI is InChI=1S/C18H19NO4/c1-10-11(2)17-15(12(3)16(10)20)9-18(4,23-17)13-6-5-7-14(8-13)19(21)22/h5-8,20H,9H2,1-4H3. The van der Waals surface area contributed by atoms with Gasteiger partial charge in [0, 0.05) is 29.7 Å². The second-order valence-electron chi connectivity index (χ2n) is 6.35. The number of fused-ring (bicyclic) bond motifs is 1. The number of nitro groups is 1. The number of phenols is 1. The number of nitrogens with zero attached hydrogens (tertiary/aromatic N) is 1. The van der Waals surface area contributed by atoms with Gasteiger partial charge in [-0.15, -0.1) is 0 Å². The first-order valence-corrected chi connectivity index (χ1v) is 7.50. The summed E-state index contributed by atoms with van der Waals surface area (Å²) in [6, 6.07) is 6.55. The summed E-state index contributed by atoms with van der Waals surface area (Å²) >= 11 is 0. The van der Waals surface area contributed by atoms with Crippen LogP contribution in [-0.4, -0.2) is 10.0 Å². The molecule has 0 saturated heterocycles. The van der Waals surface area contributed by atoms with E-state index in [0.717, 1.165) is 33.6 Å². The molecule has 1 unspecified atom stereocenters. The van der Waals surface area contributed by atoms with Crippen molar-refractivity contribution >= 4 is 5.69 Å². The number of hydrogen-bond donors (Lipinski definition) is 1. The normalized spacial score (nSPS) is 19.3. The number of ether oxygens (including phenoxy) is 1. The molecule has 5 nitrogen and oxygen atoms in total. The highest BCUT2D eigenvalue weighted by Gasteiger charge is 2.40. The molecule has 1 heterocycles. The third-order valence-corrected chi connectivity index (χ3v) is 4.85. The highest BCUT2D eigenvalue weighted by Crippen LogP contribution is 2.48. The van der Waals surface area contributed by atoms with E-state index < -0.39 is 10.5 Å². The smallest absolute Gasteiger partial charge is 0.269 e. The molecular formula is C18H19NO4. The van der Waals surface area contributed by atoms with Crippen LogP contribution in [0.15, 0.2) is 24.3 Å². The van der Waals surface area contributed by atoms with E-state index in [9.17, 15) is 15.2 Å². The van der Waals surface area contributed by atoms with Crippen LogP contribution in [0.2, 0.25) is 0 Å². The fourth-order valence-electron chi connectivity index (χ4n) is 3.23. The first kappa shape index (κ1) is 15.3. The lowest BCUT2D eigenvalue weighted by Crippen LogP contribution is -2.27. The minimum absolute atomic E-state index is 0.0516. The fourth-order valence-corrected chi connectivity index (χ4v) is 3.23. The molecule has 0 aromatic heterocycles. The average Bonchev–Trinajstić information content (AvgIpc) is 2.90. The fraction of sp³-hybridized carbons (Fsp3) is 0.333. The quantitative estimate of drug-likeness (QED) is 0.670. The van der Waals surface area contributed by atoms with Crippen molar-refractivity contribution in [3.63, 3.8) is 0 Å². The molecule has 1 aliphatic rings. The Morgan fingerprint density at radius 1 is 1.22 bits per heavy atom. The monoisotopic (exact) mass is 313 g/mol. The molecule has 0 amide bonds. The van der Waals surface area contributed by atoms with Crippen LogP contribution in [0.3, 0.4) is 0 Å². The first-order valence-electron chi connectivity index (χ1n) is 7.50. The summed E-state index contributed by atoms with van der Waals surface area (Å²) in [5.41, 5.74) is 3.65. The van der Waals surface area contributed by atoms with E-state index in [2.05, 4.69) is 0 Å². The Morgan fingerprint density at radius 2 is 1.91 bits per heavy atom. The van der Waals surface area contributed by atoms with Crippen molar-refractivity contribution in [3.05, 3.63) is 62.2 Å². The Labute approximate surface area is 134 Å². The maximum atomic E-state index is 11.0. The van der Waals surface area contributed by atoms with Gasteiger partial charge in [0.2, 0.25) is 0 Å². The molecule has 23 heavy (non-hydrogen) atoms. The van der Waals surface area contributed by atoms with Crippen LogP contribution >= 0.6 is 0 Å². The van der Waals surface area contributed by atoms with Gasteiger partial charge in [-0.3, -0.25) is 10.1 Å². The molecule has 0 fully saturated rings. The molecule has 120 valence electrons. The van der Waals surface area contributed by atoms with Gasteiger partial charge in [0.15, 0.2) is 0 Å². The maximum Gasteiger partial charge on any atom is 0.269 e. The zero-order chi connectivity index (χ0) is 16.9. The zero-order valence-corrected chi connectivity index (χ0v) is 13.6. The van der Waals surface area contributed by atoms with Gasteiger partial charge in [0.1, 0.15) is 17.1 Å². The highest BCUT2D eigenvalue weighted by atomic mass is 16.6. The first-order chi connectivity index (χ1) is 10.7. The Balaban J connectivity index is 2.10. The molecule has 3 rings (SSSR count). The summed E-state index contributed by atoms with van der Waals surface area (Å²) in [6.07, 6.45) is 0.573. The van der Waals surface area contributed by atoms with Gasteiger partial charge in [-0.1, -0.05) is 12.1 Å². The summed E-state index contributed by atoms with van der Waals surface area (Å²) in [5.74, 6) is 1.08. The lowest BCUT2D eigenvalue weighted by Gasteiger charge is -2.24. The molecule has 0 bridgehead atoms. The number of phenolic OH excluding ortho intramolecular Hbond substituents is 1. The maximum absolute atomic E-state index is 11.0. The Kier molecular flexibility index (Phi) is 3.32. The molecule has 2 aromatic rings. The second kappa shape index (κ2) is 4.98. The van der Waals surface area contributed by atoms with Gasteiger partial charge in [-0.2, -0.15) is 0 Å². The van der Waals surface area contributed by atoms with Gasteiger partial charge >= 0.3 is 0 Å². The second-order valence-corrected chi connectivity index (χ2v) is 6.35. The minimum atomic E-state index is -0.676. The van der Waals surface area contributed by atoms with Crippen molar-refractivity contribution in [3.8, 4) is 11.5 Å². The third-order valence-electron chi connectivity index (χ3n) is 4.85. The summed E-state index contributed by atoms with van der Waals surface area (Å²) in [6.45, 7) is 7.59. The Morgan fingerprint density at radius 3 is 2.57 bits per heavy atom. The predicted molar refractivity (Wildman–Crippen MR) is 87.1 cm³/mol. The van der Waals surface area contributed by atoms with Gasteiger partial charge in [-0.25, -0.2) is 0 Å². The van der Waals surface area contributed by atoms with Crippen LogP contribution in [-0.2, 0) is 12.0 Å². The SMILES string of the molecule is Cc1c(C)c2c(c(C)c1O)CC(C)(c1cccc([N+](=O)[O-])c1)O2. The average molecular weight is 313 g/mol. The van der Waals surface area contributed by atoms with Crippen molar-refractivity contribution in [2.45, 2.75) is 39.7 Å². The van der Waals surface area contributed by atoms with Crippen LogP contribution in [0.1, 0.15) is 34.7 Å². The minimum Gasteiger partial charge on any atom is -0.507 e. The van der Waals surface area contributed by atoms with E-state index >= 15 is 0 Å². The van der Waals surface area contributed by atoms with Gasteiger partial charge in [-0.05, 0) is 44.4 Å². The van der Waals surface area contributed by atoms with E-state index in [1.54, 1.807) is 12.1 Å². The van der Waals surface area contributed by atoms with Gasteiger partial charge in [0.25, 0.3) is 5.69 Å². The number of rotatable bonds is 2. The molecule has 5 heteroatoms. The summed E-state index contributed by atoms with van der Waals surface area (Å²) in [5, 5.41) is 21.3. The van der Waals surface area contributed by atoms with E-state index in [0.29, 0.717) is 12.2 Å².